The molecule has 0 fully saturated rings. The van der Waals surface area contributed by atoms with E-state index in [-0.39, 0.29) is 11.0 Å². The van der Waals surface area contributed by atoms with Gasteiger partial charge in [0.1, 0.15) is 5.75 Å². The number of benzene rings is 2. The maximum Gasteiger partial charge on any atom is 0.162 e. The van der Waals surface area contributed by atoms with E-state index in [1.54, 1.807) is 18.9 Å². The van der Waals surface area contributed by atoms with E-state index in [1.165, 1.54) is 0 Å². The third kappa shape index (κ3) is 2.95. The van der Waals surface area contributed by atoms with Crippen molar-refractivity contribution in [2.45, 2.75) is 29.9 Å². The Labute approximate surface area is 152 Å². The zero-order chi connectivity index (χ0) is 17.4. The highest BCUT2D eigenvalue weighted by molar-refractivity contribution is 8.00. The van der Waals surface area contributed by atoms with Gasteiger partial charge in [-0.15, -0.1) is 11.8 Å². The van der Waals surface area contributed by atoms with Gasteiger partial charge in [0.05, 0.1) is 18.0 Å². The van der Waals surface area contributed by atoms with Crippen LogP contribution in [0.15, 0.2) is 64.7 Å². The van der Waals surface area contributed by atoms with Gasteiger partial charge >= 0.3 is 0 Å². The van der Waals surface area contributed by atoms with Crippen LogP contribution in [0.2, 0.25) is 0 Å². The molecule has 0 amide bonds. The van der Waals surface area contributed by atoms with Crippen LogP contribution in [0.25, 0.3) is 0 Å². The number of hydrogen-bond acceptors (Lipinski definition) is 4. The number of Topliss-reactive ketones (excluding diaryl/α,β-unsaturated/α-hetero) is 1. The Morgan fingerprint density at radius 3 is 2.68 bits per heavy atom. The normalized spacial score (nSPS) is 22.6. The summed E-state index contributed by atoms with van der Waals surface area (Å²) in [7, 11) is 1.69. The first-order chi connectivity index (χ1) is 12.2. The van der Waals surface area contributed by atoms with Crippen LogP contribution >= 0.6 is 11.8 Å². The molecular formula is C21H21NO2S. The monoisotopic (exact) mass is 351 g/mol. The first kappa shape index (κ1) is 16.3. The maximum atomic E-state index is 13.0. The summed E-state index contributed by atoms with van der Waals surface area (Å²) in [6, 6.07) is 16.3. The van der Waals surface area contributed by atoms with Gasteiger partial charge in [-0.25, -0.2) is 0 Å². The van der Waals surface area contributed by atoms with Crippen molar-refractivity contribution >= 4 is 23.2 Å². The standard InChI is InChI=1S/C21H21NO2S/c1-13-11-16-20(17(23)12-13)21(14-7-3-5-9-18(14)24-2)25-19-10-6-4-8-15(19)22-16/h3-10,13,21-22H,11-12H2,1-2H3. The molecule has 1 N–H and O–H groups in total. The number of hydrogen-bond donors (Lipinski definition) is 1. The molecule has 2 aliphatic rings. The Kier molecular flexibility index (Phi) is 4.30. The predicted octanol–water partition coefficient (Wildman–Crippen LogP) is 5.21. The van der Waals surface area contributed by atoms with Crippen LogP contribution in [0.4, 0.5) is 5.69 Å². The van der Waals surface area contributed by atoms with Crippen molar-refractivity contribution in [2.75, 3.05) is 12.4 Å². The summed E-state index contributed by atoms with van der Waals surface area (Å²) < 4.78 is 5.60. The van der Waals surface area contributed by atoms with E-state index >= 15 is 0 Å². The SMILES string of the molecule is COc1ccccc1C1Sc2ccccc2NC2=C1C(=O)CC(C)C2. The van der Waals surface area contributed by atoms with Gasteiger partial charge in [-0.05, 0) is 30.5 Å². The van der Waals surface area contributed by atoms with Crippen molar-refractivity contribution in [3.05, 3.63) is 65.4 Å². The second kappa shape index (κ2) is 6.60. The number of thioether (sulfide) groups is 1. The van der Waals surface area contributed by atoms with Gasteiger partial charge in [-0.1, -0.05) is 37.3 Å². The number of rotatable bonds is 2. The molecule has 4 heteroatoms. The van der Waals surface area contributed by atoms with Crippen LogP contribution in [0, 0.1) is 5.92 Å². The average Bonchev–Trinajstić information content (AvgIpc) is 2.78. The number of para-hydroxylation sites is 2. The van der Waals surface area contributed by atoms with Crippen molar-refractivity contribution in [3.63, 3.8) is 0 Å². The number of ether oxygens (including phenoxy) is 1. The molecule has 2 aromatic rings. The van der Waals surface area contributed by atoms with Crippen molar-refractivity contribution in [2.24, 2.45) is 5.92 Å². The van der Waals surface area contributed by atoms with E-state index in [1.807, 2.05) is 30.3 Å². The highest BCUT2D eigenvalue weighted by Gasteiger charge is 2.35. The van der Waals surface area contributed by atoms with Crippen molar-refractivity contribution in [3.8, 4) is 5.75 Å². The molecule has 0 saturated carbocycles. The fraction of sp³-hybridized carbons (Fsp3) is 0.286. The third-order valence-corrected chi connectivity index (χ3v) is 6.15. The number of fused-ring (bicyclic) bond motifs is 1. The van der Waals surface area contributed by atoms with Crippen LogP contribution in [0.3, 0.4) is 0 Å². The summed E-state index contributed by atoms with van der Waals surface area (Å²) in [6.45, 7) is 2.14. The lowest BCUT2D eigenvalue weighted by Crippen LogP contribution is -2.23. The topological polar surface area (TPSA) is 38.3 Å². The summed E-state index contributed by atoms with van der Waals surface area (Å²) in [4.78, 5) is 14.1. The number of allylic oxidation sites excluding steroid dienone is 1. The molecule has 1 aliphatic carbocycles. The number of methoxy groups -OCH3 is 1. The molecule has 1 heterocycles. The fourth-order valence-corrected chi connectivity index (χ4v) is 5.04. The summed E-state index contributed by atoms with van der Waals surface area (Å²) in [6.07, 6.45) is 1.52. The largest absolute Gasteiger partial charge is 0.496 e. The van der Waals surface area contributed by atoms with E-state index in [2.05, 4.69) is 30.4 Å². The van der Waals surface area contributed by atoms with Gasteiger partial charge in [-0.3, -0.25) is 4.79 Å². The van der Waals surface area contributed by atoms with E-state index < -0.39 is 0 Å². The molecule has 2 atom stereocenters. The minimum atomic E-state index is -0.0534. The van der Waals surface area contributed by atoms with Gasteiger partial charge in [0.2, 0.25) is 0 Å². The molecule has 0 radical (unpaired) electrons. The van der Waals surface area contributed by atoms with Gasteiger partial charge in [-0.2, -0.15) is 0 Å². The zero-order valence-corrected chi connectivity index (χ0v) is 15.2. The van der Waals surface area contributed by atoms with Crippen LogP contribution in [-0.2, 0) is 4.79 Å². The molecule has 0 bridgehead atoms. The van der Waals surface area contributed by atoms with Crippen LogP contribution < -0.4 is 10.1 Å². The lowest BCUT2D eigenvalue weighted by atomic mass is 9.84. The van der Waals surface area contributed by atoms with Gasteiger partial charge < -0.3 is 10.1 Å². The van der Waals surface area contributed by atoms with E-state index in [9.17, 15) is 4.79 Å². The summed E-state index contributed by atoms with van der Waals surface area (Å²) in [5, 5.41) is 3.50. The maximum absolute atomic E-state index is 13.0. The Balaban J connectivity index is 1.90. The Morgan fingerprint density at radius 2 is 1.84 bits per heavy atom. The van der Waals surface area contributed by atoms with E-state index in [0.29, 0.717) is 12.3 Å². The first-order valence-corrected chi connectivity index (χ1v) is 9.47. The number of nitrogens with one attached hydrogen (secondary N) is 1. The van der Waals surface area contributed by atoms with Gasteiger partial charge in [0.25, 0.3) is 0 Å². The van der Waals surface area contributed by atoms with Crippen LogP contribution in [-0.4, -0.2) is 12.9 Å². The lowest BCUT2D eigenvalue weighted by molar-refractivity contribution is -0.116. The molecule has 0 aromatic heterocycles. The predicted molar refractivity (Wildman–Crippen MR) is 102 cm³/mol. The molecule has 0 saturated heterocycles. The summed E-state index contributed by atoms with van der Waals surface area (Å²) in [5.41, 5.74) is 4.11. The zero-order valence-electron chi connectivity index (χ0n) is 14.4. The first-order valence-electron chi connectivity index (χ1n) is 8.59. The molecule has 0 spiro atoms. The minimum absolute atomic E-state index is 0.0534. The Hall–Kier alpha value is -2.20. The smallest absolute Gasteiger partial charge is 0.162 e. The molecule has 2 aromatic carbocycles. The van der Waals surface area contributed by atoms with Crippen molar-refractivity contribution in [1.29, 1.82) is 0 Å². The number of anilines is 1. The Morgan fingerprint density at radius 1 is 1.08 bits per heavy atom. The second-order valence-corrected chi connectivity index (χ2v) is 7.84. The average molecular weight is 351 g/mol. The van der Waals surface area contributed by atoms with Crippen molar-refractivity contribution < 1.29 is 9.53 Å². The van der Waals surface area contributed by atoms with E-state index in [0.717, 1.165) is 39.6 Å². The minimum Gasteiger partial charge on any atom is -0.496 e. The molecule has 25 heavy (non-hydrogen) atoms. The highest BCUT2D eigenvalue weighted by Crippen LogP contribution is 2.51. The quantitative estimate of drug-likeness (QED) is 0.806. The van der Waals surface area contributed by atoms with E-state index in [4.69, 9.17) is 4.74 Å². The lowest BCUT2D eigenvalue weighted by Gasteiger charge is -2.27. The molecule has 1 aliphatic heterocycles. The van der Waals surface area contributed by atoms with Crippen LogP contribution in [0.5, 0.6) is 5.75 Å². The molecule has 2 unspecified atom stereocenters. The number of ketones is 1. The number of carbonyl (C=O) groups excluding carboxylic acids is 1. The molecular weight excluding hydrogens is 330 g/mol. The number of carbonyl (C=O) groups is 1. The second-order valence-electron chi connectivity index (χ2n) is 6.69. The summed E-state index contributed by atoms with van der Waals surface area (Å²) >= 11 is 1.73. The van der Waals surface area contributed by atoms with Crippen molar-refractivity contribution in [1.82, 2.24) is 0 Å². The van der Waals surface area contributed by atoms with Crippen LogP contribution in [0.1, 0.15) is 30.6 Å². The Bertz CT molecular complexity index is 858. The van der Waals surface area contributed by atoms with Gasteiger partial charge in [0.15, 0.2) is 5.78 Å². The molecule has 3 nitrogen and oxygen atoms in total. The summed E-state index contributed by atoms with van der Waals surface area (Å²) in [5.74, 6) is 1.45. The third-order valence-electron chi connectivity index (χ3n) is 4.81. The van der Waals surface area contributed by atoms with Gasteiger partial charge in [0, 0.05) is 28.1 Å². The highest BCUT2D eigenvalue weighted by atomic mass is 32.2. The molecule has 4 rings (SSSR count). The molecule has 128 valence electrons. The fourth-order valence-electron chi connectivity index (χ4n) is 3.67.